The van der Waals surface area contributed by atoms with Gasteiger partial charge in [-0.25, -0.2) is 0 Å². The van der Waals surface area contributed by atoms with Gasteiger partial charge in [0.2, 0.25) is 0 Å². The molecule has 0 spiro atoms. The van der Waals surface area contributed by atoms with E-state index in [0.29, 0.717) is 0 Å². The average molecular weight is 231 g/mol. The summed E-state index contributed by atoms with van der Waals surface area (Å²) in [5.74, 6) is 1.72. The minimum atomic E-state index is -0.0973. The second-order valence-electron chi connectivity index (χ2n) is 5.60. The van der Waals surface area contributed by atoms with E-state index in [2.05, 4.69) is 18.2 Å². The first-order valence-electron chi connectivity index (χ1n) is 6.70. The van der Waals surface area contributed by atoms with Crippen molar-refractivity contribution in [2.75, 3.05) is 7.11 Å². The third kappa shape index (κ3) is 1.95. The van der Waals surface area contributed by atoms with Crippen LogP contribution in [0, 0.1) is 0 Å². The topological polar surface area (TPSA) is 35.2 Å². The standard InChI is InChI=1S/C15H21NO/c1-17-14-7-6-12(11-4-2-3-5-11)10-13(14)15(16)8-9-15/h6-7,10-11H,2-5,8-9,16H2,1H3. The molecule has 1 aromatic rings. The van der Waals surface area contributed by atoms with Gasteiger partial charge >= 0.3 is 0 Å². The lowest BCUT2D eigenvalue weighted by atomic mass is 9.93. The van der Waals surface area contributed by atoms with Crippen molar-refractivity contribution in [1.29, 1.82) is 0 Å². The minimum Gasteiger partial charge on any atom is -0.496 e. The highest BCUT2D eigenvalue weighted by atomic mass is 16.5. The van der Waals surface area contributed by atoms with E-state index in [1.54, 1.807) is 7.11 Å². The number of hydrogen-bond donors (Lipinski definition) is 1. The molecule has 0 heterocycles. The van der Waals surface area contributed by atoms with E-state index in [-0.39, 0.29) is 5.54 Å². The minimum absolute atomic E-state index is 0.0973. The zero-order chi connectivity index (χ0) is 11.9. The molecule has 2 N–H and O–H groups in total. The predicted molar refractivity (Wildman–Crippen MR) is 69.3 cm³/mol. The Kier molecular flexibility index (Phi) is 2.62. The predicted octanol–water partition coefficient (Wildman–Crippen LogP) is 3.30. The monoisotopic (exact) mass is 231 g/mol. The van der Waals surface area contributed by atoms with E-state index in [9.17, 15) is 0 Å². The first-order chi connectivity index (χ1) is 8.23. The van der Waals surface area contributed by atoms with Crippen molar-refractivity contribution in [3.63, 3.8) is 0 Å². The summed E-state index contributed by atoms with van der Waals surface area (Å²) >= 11 is 0. The van der Waals surface area contributed by atoms with Crippen molar-refractivity contribution in [3.8, 4) is 5.75 Å². The molecule has 0 amide bonds. The molecule has 0 bridgehead atoms. The molecule has 2 nitrogen and oxygen atoms in total. The van der Waals surface area contributed by atoms with Crippen LogP contribution in [-0.2, 0) is 5.54 Å². The molecule has 17 heavy (non-hydrogen) atoms. The summed E-state index contributed by atoms with van der Waals surface area (Å²) in [5, 5.41) is 0. The first kappa shape index (κ1) is 11.1. The first-order valence-corrected chi connectivity index (χ1v) is 6.70. The molecule has 0 aliphatic heterocycles. The molecule has 2 aliphatic carbocycles. The lowest BCUT2D eigenvalue weighted by molar-refractivity contribution is 0.404. The molecule has 3 rings (SSSR count). The number of rotatable bonds is 3. The van der Waals surface area contributed by atoms with Gasteiger partial charge in [-0.05, 0) is 49.3 Å². The summed E-state index contributed by atoms with van der Waals surface area (Å²) in [7, 11) is 1.74. The maximum Gasteiger partial charge on any atom is 0.123 e. The fourth-order valence-corrected chi connectivity index (χ4v) is 3.03. The fourth-order valence-electron chi connectivity index (χ4n) is 3.03. The van der Waals surface area contributed by atoms with Gasteiger partial charge in [-0.3, -0.25) is 0 Å². The molecule has 0 aromatic heterocycles. The Hall–Kier alpha value is -1.02. The Morgan fingerprint density at radius 2 is 1.94 bits per heavy atom. The van der Waals surface area contributed by atoms with Crippen molar-refractivity contribution >= 4 is 0 Å². The van der Waals surface area contributed by atoms with Gasteiger partial charge in [0, 0.05) is 11.1 Å². The van der Waals surface area contributed by atoms with Crippen LogP contribution in [0.5, 0.6) is 5.75 Å². The smallest absolute Gasteiger partial charge is 0.123 e. The Bertz CT molecular complexity index is 417. The van der Waals surface area contributed by atoms with Crippen molar-refractivity contribution < 1.29 is 4.74 Å². The van der Waals surface area contributed by atoms with Gasteiger partial charge in [0.1, 0.15) is 5.75 Å². The van der Waals surface area contributed by atoms with Gasteiger partial charge in [0.15, 0.2) is 0 Å². The van der Waals surface area contributed by atoms with Crippen LogP contribution in [0.4, 0.5) is 0 Å². The number of nitrogens with two attached hydrogens (primary N) is 1. The van der Waals surface area contributed by atoms with Gasteiger partial charge in [0.05, 0.1) is 7.11 Å². The molecule has 2 saturated carbocycles. The molecule has 0 atom stereocenters. The molecule has 2 heteroatoms. The number of methoxy groups -OCH3 is 1. The number of hydrogen-bond acceptors (Lipinski definition) is 2. The van der Waals surface area contributed by atoms with Crippen LogP contribution < -0.4 is 10.5 Å². The molecule has 0 radical (unpaired) electrons. The van der Waals surface area contributed by atoms with Crippen LogP contribution >= 0.6 is 0 Å². The normalized spacial score (nSPS) is 22.7. The van der Waals surface area contributed by atoms with Gasteiger partial charge in [-0.1, -0.05) is 18.9 Å². The van der Waals surface area contributed by atoms with Crippen molar-refractivity contribution in [3.05, 3.63) is 29.3 Å². The summed E-state index contributed by atoms with van der Waals surface area (Å²) in [4.78, 5) is 0. The summed E-state index contributed by atoms with van der Waals surface area (Å²) in [6, 6.07) is 6.64. The van der Waals surface area contributed by atoms with Crippen molar-refractivity contribution in [2.45, 2.75) is 50.0 Å². The van der Waals surface area contributed by atoms with Crippen molar-refractivity contribution in [2.24, 2.45) is 5.73 Å². The van der Waals surface area contributed by atoms with E-state index in [4.69, 9.17) is 10.5 Å². The van der Waals surface area contributed by atoms with Crippen molar-refractivity contribution in [1.82, 2.24) is 0 Å². The molecule has 2 aliphatic rings. The highest BCUT2D eigenvalue weighted by Crippen LogP contribution is 2.48. The average Bonchev–Trinajstić information content (AvgIpc) is 2.91. The highest BCUT2D eigenvalue weighted by molar-refractivity contribution is 5.45. The fraction of sp³-hybridized carbons (Fsp3) is 0.600. The van der Waals surface area contributed by atoms with Crippen LogP contribution in [0.3, 0.4) is 0 Å². The van der Waals surface area contributed by atoms with Crippen LogP contribution in [0.15, 0.2) is 18.2 Å². The van der Waals surface area contributed by atoms with Crippen LogP contribution in [0.1, 0.15) is 55.6 Å². The second-order valence-corrected chi connectivity index (χ2v) is 5.60. The van der Waals surface area contributed by atoms with Crippen LogP contribution in [0.2, 0.25) is 0 Å². The third-order valence-electron chi connectivity index (χ3n) is 4.38. The molecular formula is C15H21NO. The molecule has 1 aromatic carbocycles. The van der Waals surface area contributed by atoms with E-state index in [1.165, 1.54) is 36.8 Å². The Labute approximate surface area is 103 Å². The number of ether oxygens (including phenoxy) is 1. The van der Waals surface area contributed by atoms with Gasteiger partial charge in [0.25, 0.3) is 0 Å². The summed E-state index contributed by atoms with van der Waals surface area (Å²) in [5.41, 5.74) is 8.93. The Morgan fingerprint density at radius 3 is 2.53 bits per heavy atom. The summed E-state index contributed by atoms with van der Waals surface area (Å²) in [6.07, 6.45) is 7.61. The Balaban J connectivity index is 1.96. The SMILES string of the molecule is COc1ccc(C2CCCC2)cc1C1(N)CC1. The van der Waals surface area contributed by atoms with Crippen LogP contribution in [0.25, 0.3) is 0 Å². The largest absolute Gasteiger partial charge is 0.496 e. The quantitative estimate of drug-likeness (QED) is 0.866. The maximum atomic E-state index is 6.33. The molecule has 2 fully saturated rings. The summed E-state index contributed by atoms with van der Waals surface area (Å²) < 4.78 is 5.45. The van der Waals surface area contributed by atoms with Gasteiger partial charge < -0.3 is 10.5 Å². The lowest BCUT2D eigenvalue weighted by Gasteiger charge is -2.18. The zero-order valence-corrected chi connectivity index (χ0v) is 10.5. The van der Waals surface area contributed by atoms with Gasteiger partial charge in [-0.2, -0.15) is 0 Å². The number of benzene rings is 1. The highest BCUT2D eigenvalue weighted by Gasteiger charge is 2.42. The summed E-state index contributed by atoms with van der Waals surface area (Å²) in [6.45, 7) is 0. The van der Waals surface area contributed by atoms with E-state index in [1.807, 2.05) is 0 Å². The van der Waals surface area contributed by atoms with E-state index >= 15 is 0 Å². The Morgan fingerprint density at radius 1 is 1.24 bits per heavy atom. The zero-order valence-electron chi connectivity index (χ0n) is 10.5. The molecule has 0 unspecified atom stereocenters. The lowest BCUT2D eigenvalue weighted by Crippen LogP contribution is -2.20. The molecule has 0 saturated heterocycles. The molecular weight excluding hydrogens is 210 g/mol. The van der Waals surface area contributed by atoms with E-state index in [0.717, 1.165) is 24.5 Å². The van der Waals surface area contributed by atoms with Crippen LogP contribution in [-0.4, -0.2) is 7.11 Å². The maximum absolute atomic E-state index is 6.33. The third-order valence-corrected chi connectivity index (χ3v) is 4.38. The molecule has 92 valence electrons. The van der Waals surface area contributed by atoms with Gasteiger partial charge in [-0.15, -0.1) is 0 Å². The van der Waals surface area contributed by atoms with E-state index < -0.39 is 0 Å². The second kappa shape index (κ2) is 4.02.